The van der Waals surface area contributed by atoms with Gasteiger partial charge in [0.1, 0.15) is 11.9 Å². The first-order valence-electron chi connectivity index (χ1n) is 3.77. The fourth-order valence-electron chi connectivity index (χ4n) is 0.776. The van der Waals surface area contributed by atoms with Crippen molar-refractivity contribution >= 4 is 11.6 Å². The van der Waals surface area contributed by atoms with Gasteiger partial charge in [0.15, 0.2) is 0 Å². The third-order valence-corrected chi connectivity index (χ3v) is 1.72. The van der Waals surface area contributed by atoms with E-state index >= 15 is 0 Å². The van der Waals surface area contributed by atoms with E-state index in [-0.39, 0.29) is 6.10 Å². The Balaban J connectivity index is 2.64. The van der Waals surface area contributed by atoms with Crippen molar-refractivity contribution in [2.75, 3.05) is 0 Å². The lowest BCUT2D eigenvalue weighted by atomic mass is 10.3. The van der Waals surface area contributed by atoms with E-state index in [9.17, 15) is 0 Å². The maximum atomic E-state index is 5.71. The molecule has 1 rings (SSSR count). The molecule has 0 fully saturated rings. The van der Waals surface area contributed by atoms with Gasteiger partial charge in [-0.1, -0.05) is 24.3 Å². The Morgan fingerprint density at radius 2 is 2.00 bits per heavy atom. The van der Waals surface area contributed by atoms with Crippen LogP contribution >= 0.6 is 11.6 Å². The van der Waals surface area contributed by atoms with Crippen LogP contribution in [0.25, 0.3) is 0 Å². The zero-order chi connectivity index (χ0) is 8.97. The molecule has 0 N–H and O–H groups in total. The molecule has 0 aliphatic heterocycles. The molecule has 0 bridgehead atoms. The summed E-state index contributed by atoms with van der Waals surface area (Å²) in [7, 11) is 0. The summed E-state index contributed by atoms with van der Waals surface area (Å²) in [4.78, 5) is 0. The predicted molar refractivity (Wildman–Crippen MR) is 51.7 cm³/mol. The zero-order valence-corrected chi connectivity index (χ0v) is 7.71. The van der Waals surface area contributed by atoms with Crippen LogP contribution in [0.1, 0.15) is 6.92 Å². The summed E-state index contributed by atoms with van der Waals surface area (Å²) in [6, 6.07) is 7.27. The second-order valence-corrected chi connectivity index (χ2v) is 2.95. The van der Waals surface area contributed by atoms with Gasteiger partial charge >= 0.3 is 0 Å². The summed E-state index contributed by atoms with van der Waals surface area (Å²) < 4.78 is 5.44. The topological polar surface area (TPSA) is 9.23 Å². The van der Waals surface area contributed by atoms with Crippen molar-refractivity contribution in [3.05, 3.63) is 41.9 Å². The molecule has 0 heterocycles. The molecule has 1 aromatic rings. The summed E-state index contributed by atoms with van der Waals surface area (Å²) in [6.45, 7) is 5.56. The molecule has 12 heavy (non-hydrogen) atoms. The highest BCUT2D eigenvalue weighted by Crippen LogP contribution is 2.16. The maximum absolute atomic E-state index is 5.71. The fourth-order valence-corrected chi connectivity index (χ4v) is 0.902. The standard InChI is InChI=1S/C10H11ClO/c1-3-8(2)12-10-6-4-9(11)5-7-10/h3-8H,1H2,2H3. The van der Waals surface area contributed by atoms with Crippen LogP contribution in [0.3, 0.4) is 0 Å². The predicted octanol–water partition coefficient (Wildman–Crippen LogP) is 3.29. The molecule has 1 aromatic carbocycles. The number of benzene rings is 1. The molecule has 0 aromatic heterocycles. The van der Waals surface area contributed by atoms with Crippen LogP contribution in [0, 0.1) is 0 Å². The highest BCUT2D eigenvalue weighted by atomic mass is 35.5. The van der Waals surface area contributed by atoms with Gasteiger partial charge in [0, 0.05) is 5.02 Å². The van der Waals surface area contributed by atoms with E-state index in [2.05, 4.69) is 6.58 Å². The second-order valence-electron chi connectivity index (χ2n) is 2.51. The van der Waals surface area contributed by atoms with Gasteiger partial charge < -0.3 is 4.74 Å². The molecule has 0 radical (unpaired) electrons. The molecule has 2 heteroatoms. The lowest BCUT2D eigenvalue weighted by Gasteiger charge is -2.09. The molecule has 1 unspecified atom stereocenters. The van der Waals surface area contributed by atoms with E-state index in [1.807, 2.05) is 19.1 Å². The Morgan fingerprint density at radius 1 is 1.42 bits per heavy atom. The van der Waals surface area contributed by atoms with Crippen LogP contribution in [0.15, 0.2) is 36.9 Å². The molecule has 0 aliphatic carbocycles. The van der Waals surface area contributed by atoms with E-state index < -0.39 is 0 Å². The van der Waals surface area contributed by atoms with Gasteiger partial charge in [0.2, 0.25) is 0 Å². The normalized spacial score (nSPS) is 12.2. The third kappa shape index (κ3) is 2.59. The van der Waals surface area contributed by atoms with Crippen molar-refractivity contribution < 1.29 is 4.74 Å². The monoisotopic (exact) mass is 182 g/mol. The largest absolute Gasteiger partial charge is 0.487 e. The van der Waals surface area contributed by atoms with E-state index in [4.69, 9.17) is 16.3 Å². The van der Waals surface area contributed by atoms with Gasteiger partial charge in [-0.15, -0.1) is 0 Å². The average Bonchev–Trinajstić information content (AvgIpc) is 2.09. The summed E-state index contributed by atoms with van der Waals surface area (Å²) in [5.74, 6) is 0.812. The van der Waals surface area contributed by atoms with Crippen molar-refractivity contribution in [2.45, 2.75) is 13.0 Å². The first-order chi connectivity index (χ1) is 5.72. The number of rotatable bonds is 3. The van der Waals surface area contributed by atoms with Gasteiger partial charge in [-0.05, 0) is 31.2 Å². The highest BCUT2D eigenvalue weighted by molar-refractivity contribution is 6.30. The van der Waals surface area contributed by atoms with Crippen molar-refractivity contribution in [2.24, 2.45) is 0 Å². The minimum atomic E-state index is 0.0335. The quantitative estimate of drug-likeness (QED) is 0.652. The smallest absolute Gasteiger partial charge is 0.120 e. The Kier molecular flexibility index (Phi) is 3.18. The molecule has 1 atom stereocenters. The first kappa shape index (κ1) is 9.14. The number of halogens is 1. The minimum Gasteiger partial charge on any atom is -0.487 e. The number of hydrogen-bond acceptors (Lipinski definition) is 1. The molecular weight excluding hydrogens is 172 g/mol. The van der Waals surface area contributed by atoms with E-state index in [0.717, 1.165) is 5.75 Å². The lowest BCUT2D eigenvalue weighted by Crippen LogP contribution is -2.06. The summed E-state index contributed by atoms with van der Waals surface area (Å²) in [6.07, 6.45) is 1.78. The van der Waals surface area contributed by atoms with E-state index in [0.29, 0.717) is 5.02 Å². The van der Waals surface area contributed by atoms with Crippen molar-refractivity contribution in [1.82, 2.24) is 0 Å². The summed E-state index contributed by atoms with van der Waals surface area (Å²) in [5, 5.41) is 0.716. The van der Waals surface area contributed by atoms with Gasteiger partial charge in [0.05, 0.1) is 0 Å². The first-order valence-corrected chi connectivity index (χ1v) is 4.15. The molecule has 0 amide bonds. The van der Waals surface area contributed by atoms with Gasteiger partial charge in [-0.25, -0.2) is 0 Å². The fraction of sp³-hybridized carbons (Fsp3) is 0.200. The lowest BCUT2D eigenvalue weighted by molar-refractivity contribution is 0.270. The Hall–Kier alpha value is -0.950. The highest BCUT2D eigenvalue weighted by Gasteiger charge is 1.97. The van der Waals surface area contributed by atoms with Crippen LogP contribution in [-0.4, -0.2) is 6.10 Å². The maximum Gasteiger partial charge on any atom is 0.120 e. The van der Waals surface area contributed by atoms with Crippen LogP contribution in [-0.2, 0) is 0 Å². The average molecular weight is 183 g/mol. The molecule has 0 aliphatic rings. The summed E-state index contributed by atoms with van der Waals surface area (Å²) >= 11 is 5.71. The van der Waals surface area contributed by atoms with Gasteiger partial charge in [0.25, 0.3) is 0 Å². The van der Waals surface area contributed by atoms with Gasteiger partial charge in [-0.3, -0.25) is 0 Å². The van der Waals surface area contributed by atoms with Crippen LogP contribution < -0.4 is 4.74 Å². The molecule has 0 saturated carbocycles. The number of hydrogen-bond donors (Lipinski definition) is 0. The minimum absolute atomic E-state index is 0.0335. The molecular formula is C10H11ClO. The van der Waals surface area contributed by atoms with Crippen molar-refractivity contribution in [3.8, 4) is 5.75 Å². The SMILES string of the molecule is C=CC(C)Oc1ccc(Cl)cc1. The molecule has 64 valence electrons. The molecule has 0 spiro atoms. The molecule has 1 nitrogen and oxygen atoms in total. The Labute approximate surface area is 77.6 Å². The summed E-state index contributed by atoms with van der Waals surface area (Å²) in [5.41, 5.74) is 0. The third-order valence-electron chi connectivity index (χ3n) is 1.47. The van der Waals surface area contributed by atoms with Crippen molar-refractivity contribution in [1.29, 1.82) is 0 Å². The van der Waals surface area contributed by atoms with E-state index in [1.165, 1.54) is 0 Å². The van der Waals surface area contributed by atoms with Crippen LogP contribution in [0.2, 0.25) is 5.02 Å². The van der Waals surface area contributed by atoms with Gasteiger partial charge in [-0.2, -0.15) is 0 Å². The van der Waals surface area contributed by atoms with Crippen molar-refractivity contribution in [3.63, 3.8) is 0 Å². The Bertz CT molecular complexity index is 253. The zero-order valence-electron chi connectivity index (χ0n) is 6.96. The molecule has 0 saturated heterocycles. The van der Waals surface area contributed by atoms with E-state index in [1.54, 1.807) is 18.2 Å². The van der Waals surface area contributed by atoms with Crippen LogP contribution in [0.5, 0.6) is 5.75 Å². The Morgan fingerprint density at radius 3 is 2.50 bits per heavy atom. The van der Waals surface area contributed by atoms with Crippen LogP contribution in [0.4, 0.5) is 0 Å². The number of ether oxygens (including phenoxy) is 1. The second kappa shape index (κ2) is 4.17.